The molecule has 1 aromatic carbocycles. The Hall–Kier alpha value is -1.07. The topological polar surface area (TPSA) is 81.1 Å². The van der Waals surface area contributed by atoms with E-state index in [9.17, 15) is 4.79 Å². The number of halogens is 1. The quantitative estimate of drug-likeness (QED) is 0.777. The minimum Gasteiger partial charge on any atom is -0.380 e. The molecule has 1 rings (SSSR count). The van der Waals surface area contributed by atoms with E-state index in [-0.39, 0.29) is 6.04 Å². The molecule has 1 aromatic rings. The molecule has 1 amide bonds. The van der Waals surface area contributed by atoms with E-state index in [1.54, 1.807) is 12.1 Å². The monoisotopic (exact) mass is 299 g/mol. The van der Waals surface area contributed by atoms with Crippen molar-refractivity contribution in [3.8, 4) is 0 Å². The van der Waals surface area contributed by atoms with Gasteiger partial charge in [-0.25, -0.2) is 0 Å². The lowest BCUT2D eigenvalue weighted by Crippen LogP contribution is -2.33. The Morgan fingerprint density at radius 3 is 2.53 bits per heavy atom. The average Bonchev–Trinajstić information content (AvgIpc) is 2.26. The smallest absolute Gasteiger partial charge is 0.248 e. The van der Waals surface area contributed by atoms with Gasteiger partial charge in [-0.15, -0.1) is 0 Å². The van der Waals surface area contributed by atoms with Crippen LogP contribution in [0, 0.1) is 5.92 Å². The number of nitrogens with two attached hydrogens (primary N) is 2. The van der Waals surface area contributed by atoms with Crippen LogP contribution in [0.2, 0.25) is 0 Å². The van der Waals surface area contributed by atoms with Crippen LogP contribution in [0.1, 0.15) is 24.2 Å². The predicted octanol–water partition coefficient (Wildman–Crippen LogP) is 1.94. The van der Waals surface area contributed by atoms with Crippen LogP contribution in [0.15, 0.2) is 22.7 Å². The standard InChI is InChI=1S/C12H18BrN3O/c1-7(2)11(6-14)16-10-4-3-8(12(15)17)5-9(10)13/h3-5,7,11,16H,6,14H2,1-2H3,(H2,15,17). The molecule has 0 saturated heterocycles. The summed E-state index contributed by atoms with van der Waals surface area (Å²) in [5, 5.41) is 3.34. The van der Waals surface area contributed by atoms with Gasteiger partial charge in [-0.1, -0.05) is 13.8 Å². The van der Waals surface area contributed by atoms with Gasteiger partial charge in [0.2, 0.25) is 5.91 Å². The van der Waals surface area contributed by atoms with E-state index in [1.165, 1.54) is 0 Å². The van der Waals surface area contributed by atoms with Gasteiger partial charge in [0, 0.05) is 28.3 Å². The third kappa shape index (κ3) is 3.71. The van der Waals surface area contributed by atoms with Crippen molar-refractivity contribution >= 4 is 27.5 Å². The molecule has 1 unspecified atom stereocenters. The maximum Gasteiger partial charge on any atom is 0.248 e. The van der Waals surface area contributed by atoms with E-state index in [0.717, 1.165) is 10.2 Å². The normalized spacial score (nSPS) is 12.5. The van der Waals surface area contributed by atoms with Gasteiger partial charge in [0.1, 0.15) is 0 Å². The highest BCUT2D eigenvalue weighted by atomic mass is 79.9. The number of rotatable bonds is 5. The number of benzene rings is 1. The van der Waals surface area contributed by atoms with Crippen molar-refractivity contribution in [2.45, 2.75) is 19.9 Å². The van der Waals surface area contributed by atoms with Crippen LogP contribution < -0.4 is 16.8 Å². The second-order valence-corrected chi connectivity index (χ2v) is 5.14. The Bertz CT molecular complexity index is 407. The molecule has 5 heteroatoms. The first kappa shape index (κ1) is 14.0. The third-order valence-corrected chi connectivity index (χ3v) is 3.31. The zero-order chi connectivity index (χ0) is 13.0. The van der Waals surface area contributed by atoms with Gasteiger partial charge >= 0.3 is 0 Å². The number of anilines is 1. The zero-order valence-electron chi connectivity index (χ0n) is 10.0. The van der Waals surface area contributed by atoms with Crippen molar-refractivity contribution in [1.29, 1.82) is 0 Å². The van der Waals surface area contributed by atoms with Gasteiger partial charge < -0.3 is 16.8 Å². The first-order valence-electron chi connectivity index (χ1n) is 5.51. The van der Waals surface area contributed by atoms with Gasteiger partial charge in [-0.2, -0.15) is 0 Å². The van der Waals surface area contributed by atoms with E-state index >= 15 is 0 Å². The second kappa shape index (κ2) is 6.02. The SMILES string of the molecule is CC(C)C(CN)Nc1ccc(C(N)=O)cc1Br. The van der Waals surface area contributed by atoms with Crippen molar-refractivity contribution in [3.05, 3.63) is 28.2 Å². The maximum atomic E-state index is 11.0. The number of carbonyl (C=O) groups is 1. The molecule has 0 aliphatic carbocycles. The summed E-state index contributed by atoms with van der Waals surface area (Å²) in [5.41, 5.74) is 12.3. The molecule has 1 atom stereocenters. The molecule has 0 spiro atoms. The van der Waals surface area contributed by atoms with Crippen LogP contribution in [-0.4, -0.2) is 18.5 Å². The van der Waals surface area contributed by atoms with E-state index in [4.69, 9.17) is 11.5 Å². The molecule has 0 fully saturated rings. The molecule has 5 N–H and O–H groups in total. The summed E-state index contributed by atoms with van der Waals surface area (Å²) in [4.78, 5) is 11.0. The Kier molecular flexibility index (Phi) is 4.96. The molecule has 94 valence electrons. The minimum absolute atomic E-state index is 0.200. The molecule has 0 heterocycles. The Morgan fingerprint density at radius 2 is 2.12 bits per heavy atom. The van der Waals surface area contributed by atoms with Crippen LogP contribution in [-0.2, 0) is 0 Å². The Balaban J connectivity index is 2.89. The molecule has 0 saturated carbocycles. The molecule has 0 aliphatic rings. The van der Waals surface area contributed by atoms with E-state index in [0.29, 0.717) is 18.0 Å². The maximum absolute atomic E-state index is 11.0. The highest BCUT2D eigenvalue weighted by Gasteiger charge is 2.13. The fraction of sp³-hybridized carbons (Fsp3) is 0.417. The first-order chi connectivity index (χ1) is 7.95. The van der Waals surface area contributed by atoms with E-state index in [1.807, 2.05) is 6.07 Å². The largest absolute Gasteiger partial charge is 0.380 e. The summed E-state index contributed by atoms with van der Waals surface area (Å²) >= 11 is 3.41. The van der Waals surface area contributed by atoms with Crippen LogP contribution in [0.3, 0.4) is 0 Å². The first-order valence-corrected chi connectivity index (χ1v) is 6.31. The fourth-order valence-electron chi connectivity index (χ4n) is 1.48. The number of hydrogen-bond donors (Lipinski definition) is 3. The van der Waals surface area contributed by atoms with Crippen molar-refractivity contribution < 1.29 is 4.79 Å². The summed E-state index contributed by atoms with van der Waals surface area (Å²) in [7, 11) is 0. The number of nitrogens with one attached hydrogen (secondary N) is 1. The highest BCUT2D eigenvalue weighted by molar-refractivity contribution is 9.10. The van der Waals surface area contributed by atoms with Gasteiger partial charge in [0.15, 0.2) is 0 Å². The van der Waals surface area contributed by atoms with Gasteiger partial charge in [-0.05, 0) is 40.0 Å². The fourth-order valence-corrected chi connectivity index (χ4v) is 1.98. The summed E-state index contributed by atoms with van der Waals surface area (Å²) in [6.07, 6.45) is 0. The van der Waals surface area contributed by atoms with Crippen LogP contribution in [0.4, 0.5) is 5.69 Å². The number of amides is 1. The Morgan fingerprint density at radius 1 is 1.47 bits per heavy atom. The summed E-state index contributed by atoms with van der Waals surface area (Å²) in [6, 6.07) is 5.43. The second-order valence-electron chi connectivity index (χ2n) is 4.29. The van der Waals surface area contributed by atoms with Gasteiger partial charge in [0.25, 0.3) is 0 Å². The minimum atomic E-state index is -0.434. The number of primary amides is 1. The van der Waals surface area contributed by atoms with E-state index < -0.39 is 5.91 Å². The lowest BCUT2D eigenvalue weighted by molar-refractivity contribution is 0.100. The molecular weight excluding hydrogens is 282 g/mol. The lowest BCUT2D eigenvalue weighted by atomic mass is 10.0. The molecule has 0 aliphatic heterocycles. The highest BCUT2D eigenvalue weighted by Crippen LogP contribution is 2.25. The average molecular weight is 300 g/mol. The lowest BCUT2D eigenvalue weighted by Gasteiger charge is -2.22. The molecule has 0 aromatic heterocycles. The van der Waals surface area contributed by atoms with Crippen molar-refractivity contribution in [2.24, 2.45) is 17.4 Å². The van der Waals surface area contributed by atoms with Gasteiger partial charge in [0.05, 0.1) is 0 Å². The molecular formula is C12H18BrN3O. The summed E-state index contributed by atoms with van der Waals surface area (Å²) in [6.45, 7) is 4.77. The van der Waals surface area contributed by atoms with Crippen LogP contribution >= 0.6 is 15.9 Å². The third-order valence-electron chi connectivity index (χ3n) is 2.65. The summed E-state index contributed by atoms with van der Waals surface area (Å²) < 4.78 is 0.813. The summed E-state index contributed by atoms with van der Waals surface area (Å²) in [5.74, 6) is -0.000739. The van der Waals surface area contributed by atoms with Crippen molar-refractivity contribution in [3.63, 3.8) is 0 Å². The van der Waals surface area contributed by atoms with Crippen LogP contribution in [0.5, 0.6) is 0 Å². The molecule has 0 bridgehead atoms. The number of hydrogen-bond acceptors (Lipinski definition) is 3. The molecule has 4 nitrogen and oxygen atoms in total. The van der Waals surface area contributed by atoms with Crippen molar-refractivity contribution in [2.75, 3.05) is 11.9 Å². The molecule has 0 radical (unpaired) electrons. The van der Waals surface area contributed by atoms with E-state index in [2.05, 4.69) is 35.1 Å². The number of carbonyl (C=O) groups excluding carboxylic acids is 1. The van der Waals surface area contributed by atoms with Gasteiger partial charge in [-0.3, -0.25) is 4.79 Å². The predicted molar refractivity (Wildman–Crippen MR) is 74.0 cm³/mol. The zero-order valence-corrected chi connectivity index (χ0v) is 11.6. The molecule has 17 heavy (non-hydrogen) atoms. The van der Waals surface area contributed by atoms with Crippen LogP contribution in [0.25, 0.3) is 0 Å². The Labute approximate surface area is 110 Å². The van der Waals surface area contributed by atoms with Crippen molar-refractivity contribution in [1.82, 2.24) is 0 Å².